The van der Waals surface area contributed by atoms with Crippen molar-refractivity contribution in [1.82, 2.24) is 10.2 Å². The highest BCUT2D eigenvalue weighted by Crippen LogP contribution is 2.22. The zero-order valence-electron chi connectivity index (χ0n) is 11.2. The van der Waals surface area contributed by atoms with E-state index in [0.29, 0.717) is 19.7 Å². The maximum Gasteiger partial charge on any atom is 0.318 e. The number of urea groups is 1. The minimum absolute atomic E-state index is 0.0391. The summed E-state index contributed by atoms with van der Waals surface area (Å²) in [5.74, 6) is 0.878. The van der Waals surface area contributed by atoms with Gasteiger partial charge in [-0.1, -0.05) is 18.2 Å². The molecule has 4 heteroatoms. The second-order valence-electron chi connectivity index (χ2n) is 5.56. The van der Waals surface area contributed by atoms with E-state index in [4.69, 9.17) is 4.74 Å². The van der Waals surface area contributed by atoms with Gasteiger partial charge >= 0.3 is 6.03 Å². The Kier molecular flexibility index (Phi) is 3.45. The summed E-state index contributed by atoms with van der Waals surface area (Å²) in [6.07, 6.45) is 0. The molecule has 0 saturated carbocycles. The average Bonchev–Trinajstić information content (AvgIpc) is 2.48. The summed E-state index contributed by atoms with van der Waals surface area (Å²) in [6.45, 7) is 7.68. The van der Waals surface area contributed by atoms with E-state index in [1.165, 1.54) is 0 Å². The highest BCUT2D eigenvalue weighted by Gasteiger charge is 2.22. The zero-order valence-corrected chi connectivity index (χ0v) is 11.2. The van der Waals surface area contributed by atoms with Crippen molar-refractivity contribution in [3.05, 3.63) is 29.8 Å². The summed E-state index contributed by atoms with van der Waals surface area (Å²) in [4.78, 5) is 13.9. The van der Waals surface area contributed by atoms with Crippen molar-refractivity contribution in [3.8, 4) is 5.75 Å². The van der Waals surface area contributed by atoms with Crippen LogP contribution in [0.4, 0.5) is 4.79 Å². The number of hydrogen-bond donors (Lipinski definition) is 1. The summed E-state index contributed by atoms with van der Waals surface area (Å²) < 4.78 is 5.64. The molecule has 0 saturated heterocycles. The molecule has 0 aliphatic carbocycles. The highest BCUT2D eigenvalue weighted by molar-refractivity contribution is 5.75. The first-order chi connectivity index (χ1) is 8.46. The zero-order chi connectivity index (χ0) is 13.2. The Balaban J connectivity index is 2.10. The Morgan fingerprint density at radius 1 is 1.33 bits per heavy atom. The van der Waals surface area contributed by atoms with Gasteiger partial charge in [0.2, 0.25) is 0 Å². The molecular formula is C14H20N2O2. The van der Waals surface area contributed by atoms with Gasteiger partial charge in [0.1, 0.15) is 12.4 Å². The minimum Gasteiger partial charge on any atom is -0.491 e. The molecule has 0 fully saturated rings. The fourth-order valence-corrected chi connectivity index (χ4v) is 1.90. The van der Waals surface area contributed by atoms with Crippen molar-refractivity contribution < 1.29 is 9.53 Å². The van der Waals surface area contributed by atoms with Crippen molar-refractivity contribution in [2.24, 2.45) is 0 Å². The summed E-state index contributed by atoms with van der Waals surface area (Å²) in [5, 5.41) is 2.98. The molecule has 0 bridgehead atoms. The van der Waals surface area contributed by atoms with Gasteiger partial charge in [-0.05, 0) is 26.8 Å². The van der Waals surface area contributed by atoms with Gasteiger partial charge in [-0.2, -0.15) is 0 Å². The van der Waals surface area contributed by atoms with E-state index in [9.17, 15) is 4.79 Å². The van der Waals surface area contributed by atoms with E-state index in [0.717, 1.165) is 11.3 Å². The van der Waals surface area contributed by atoms with Crippen LogP contribution in [-0.4, -0.2) is 29.6 Å². The summed E-state index contributed by atoms with van der Waals surface area (Å²) >= 11 is 0. The number of benzene rings is 1. The summed E-state index contributed by atoms with van der Waals surface area (Å²) in [5.41, 5.74) is 0.836. The van der Waals surface area contributed by atoms with Crippen LogP contribution in [0.1, 0.15) is 26.3 Å². The van der Waals surface area contributed by atoms with Gasteiger partial charge in [0.05, 0.1) is 13.1 Å². The molecule has 1 aromatic carbocycles. The third-order valence-corrected chi connectivity index (χ3v) is 2.72. The molecule has 2 amide bonds. The molecule has 18 heavy (non-hydrogen) atoms. The van der Waals surface area contributed by atoms with E-state index < -0.39 is 0 Å². The predicted molar refractivity (Wildman–Crippen MR) is 70.6 cm³/mol. The molecular weight excluding hydrogens is 228 g/mol. The van der Waals surface area contributed by atoms with Crippen molar-refractivity contribution in [2.45, 2.75) is 32.9 Å². The maximum absolute atomic E-state index is 12.1. The van der Waals surface area contributed by atoms with Crippen LogP contribution in [0.5, 0.6) is 5.75 Å². The Hall–Kier alpha value is -1.71. The van der Waals surface area contributed by atoms with Gasteiger partial charge in [0.15, 0.2) is 0 Å². The number of amides is 2. The van der Waals surface area contributed by atoms with Crippen LogP contribution in [0.2, 0.25) is 0 Å². The summed E-state index contributed by atoms with van der Waals surface area (Å²) in [7, 11) is 0. The highest BCUT2D eigenvalue weighted by atomic mass is 16.5. The predicted octanol–water partition coefficient (Wildman–Crippen LogP) is 2.39. The molecule has 1 N–H and O–H groups in total. The van der Waals surface area contributed by atoms with Crippen LogP contribution >= 0.6 is 0 Å². The summed E-state index contributed by atoms with van der Waals surface area (Å²) in [6, 6.07) is 7.82. The Morgan fingerprint density at radius 3 is 2.78 bits per heavy atom. The fourth-order valence-electron chi connectivity index (χ4n) is 1.90. The van der Waals surface area contributed by atoms with Crippen molar-refractivity contribution in [2.75, 3.05) is 13.2 Å². The first-order valence-corrected chi connectivity index (χ1v) is 6.23. The number of ether oxygens (including phenoxy) is 1. The Bertz CT molecular complexity index is 438. The van der Waals surface area contributed by atoms with E-state index in [1.54, 1.807) is 4.90 Å². The second-order valence-corrected chi connectivity index (χ2v) is 5.56. The molecule has 98 valence electrons. The standard InChI is InChI=1S/C14H20N2O2/c1-14(2,3)15-13(17)16-8-9-18-12-7-5-4-6-11(12)10-16/h4-7H,8-10H2,1-3H3,(H,15,17). The fraction of sp³-hybridized carbons (Fsp3) is 0.500. The number of nitrogens with one attached hydrogen (secondary N) is 1. The largest absolute Gasteiger partial charge is 0.491 e. The van der Waals surface area contributed by atoms with Gasteiger partial charge in [0.25, 0.3) is 0 Å². The first kappa shape index (κ1) is 12.7. The molecule has 2 rings (SSSR count). The SMILES string of the molecule is CC(C)(C)NC(=O)N1CCOc2ccccc2C1. The Labute approximate surface area is 108 Å². The quantitative estimate of drug-likeness (QED) is 0.766. The van der Waals surface area contributed by atoms with E-state index in [1.807, 2.05) is 45.0 Å². The van der Waals surface area contributed by atoms with Gasteiger partial charge in [0, 0.05) is 11.1 Å². The van der Waals surface area contributed by atoms with E-state index in [2.05, 4.69) is 5.32 Å². The minimum atomic E-state index is -0.218. The number of carbonyl (C=O) groups is 1. The molecule has 1 aromatic rings. The van der Waals surface area contributed by atoms with Crippen LogP contribution in [0.15, 0.2) is 24.3 Å². The maximum atomic E-state index is 12.1. The molecule has 0 atom stereocenters. The monoisotopic (exact) mass is 248 g/mol. The number of rotatable bonds is 0. The van der Waals surface area contributed by atoms with E-state index >= 15 is 0 Å². The van der Waals surface area contributed by atoms with Crippen molar-refractivity contribution in [1.29, 1.82) is 0 Å². The first-order valence-electron chi connectivity index (χ1n) is 6.23. The molecule has 1 aliphatic rings. The third-order valence-electron chi connectivity index (χ3n) is 2.72. The lowest BCUT2D eigenvalue weighted by molar-refractivity contribution is 0.179. The molecule has 0 unspecified atom stereocenters. The van der Waals surface area contributed by atoms with Crippen LogP contribution < -0.4 is 10.1 Å². The van der Waals surface area contributed by atoms with Gasteiger partial charge in [-0.3, -0.25) is 0 Å². The van der Waals surface area contributed by atoms with Crippen molar-refractivity contribution >= 4 is 6.03 Å². The van der Waals surface area contributed by atoms with Crippen LogP contribution in [-0.2, 0) is 6.54 Å². The smallest absolute Gasteiger partial charge is 0.318 e. The lowest BCUT2D eigenvalue weighted by atomic mass is 10.1. The van der Waals surface area contributed by atoms with Gasteiger partial charge in [-0.25, -0.2) is 4.79 Å². The Morgan fingerprint density at radius 2 is 2.06 bits per heavy atom. The number of para-hydroxylation sites is 1. The van der Waals surface area contributed by atoms with E-state index in [-0.39, 0.29) is 11.6 Å². The number of carbonyl (C=O) groups excluding carboxylic acids is 1. The number of nitrogens with zero attached hydrogens (tertiary/aromatic N) is 1. The molecule has 1 heterocycles. The number of hydrogen-bond acceptors (Lipinski definition) is 2. The lowest BCUT2D eigenvalue weighted by Crippen LogP contribution is -2.48. The second kappa shape index (κ2) is 4.88. The van der Waals surface area contributed by atoms with Crippen LogP contribution in [0, 0.1) is 0 Å². The number of fused-ring (bicyclic) bond motifs is 1. The van der Waals surface area contributed by atoms with Crippen LogP contribution in [0.3, 0.4) is 0 Å². The average molecular weight is 248 g/mol. The molecule has 4 nitrogen and oxygen atoms in total. The molecule has 0 radical (unpaired) electrons. The molecule has 0 aromatic heterocycles. The lowest BCUT2D eigenvalue weighted by Gasteiger charge is -2.27. The molecule has 0 spiro atoms. The van der Waals surface area contributed by atoms with Gasteiger partial charge in [-0.15, -0.1) is 0 Å². The van der Waals surface area contributed by atoms with Gasteiger partial charge < -0.3 is 15.0 Å². The topological polar surface area (TPSA) is 41.6 Å². The normalized spacial score (nSPS) is 15.4. The third kappa shape index (κ3) is 3.15. The van der Waals surface area contributed by atoms with Crippen LogP contribution in [0.25, 0.3) is 0 Å². The van der Waals surface area contributed by atoms with Crippen molar-refractivity contribution in [3.63, 3.8) is 0 Å². The molecule has 1 aliphatic heterocycles.